The zero-order valence-corrected chi connectivity index (χ0v) is 14.6. The molecule has 0 spiro atoms. The maximum absolute atomic E-state index is 11.8. The van der Waals surface area contributed by atoms with Crippen molar-refractivity contribution < 1.29 is 19.4 Å². The molecule has 1 aromatic carbocycles. The number of aromatic nitrogens is 2. The van der Waals surface area contributed by atoms with Gasteiger partial charge in [-0.05, 0) is 43.9 Å². The monoisotopic (exact) mass is 344 g/mol. The van der Waals surface area contributed by atoms with E-state index in [1.165, 1.54) is 0 Å². The molecule has 0 saturated heterocycles. The summed E-state index contributed by atoms with van der Waals surface area (Å²) in [7, 11) is 1.81. The van der Waals surface area contributed by atoms with E-state index in [-0.39, 0.29) is 24.6 Å². The minimum absolute atomic E-state index is 0.0478. The molecule has 6 heteroatoms. The number of aliphatic hydroxyl groups excluding tert-OH is 1. The van der Waals surface area contributed by atoms with Crippen LogP contribution in [0.3, 0.4) is 0 Å². The number of carbonyl (C=O) groups excluding carboxylic acids is 1. The standard InChI is InChI=1S/C19H24N2O4/c1-3-24-19(23)14-6-9-16(10-14)25-15-7-4-13(5-8-15)17-11-20-21(2)18(17)12-22/h4-5,7-8,11,14,16,22H,3,6,9-10,12H2,1-2H3. The smallest absolute Gasteiger partial charge is 0.309 e. The lowest BCUT2D eigenvalue weighted by Gasteiger charge is -2.14. The molecule has 1 fully saturated rings. The molecule has 0 aliphatic heterocycles. The van der Waals surface area contributed by atoms with Crippen LogP contribution >= 0.6 is 0 Å². The topological polar surface area (TPSA) is 73.6 Å². The quantitative estimate of drug-likeness (QED) is 0.816. The third-order valence-corrected chi connectivity index (χ3v) is 4.68. The van der Waals surface area contributed by atoms with Crippen molar-refractivity contribution in [2.45, 2.75) is 38.9 Å². The van der Waals surface area contributed by atoms with E-state index < -0.39 is 0 Å². The lowest BCUT2D eigenvalue weighted by molar-refractivity contribution is -0.147. The number of esters is 1. The van der Waals surface area contributed by atoms with Crippen molar-refractivity contribution in [3.8, 4) is 16.9 Å². The number of aliphatic hydroxyl groups is 1. The molecule has 1 aromatic heterocycles. The molecule has 1 saturated carbocycles. The molecule has 1 aliphatic carbocycles. The summed E-state index contributed by atoms with van der Waals surface area (Å²) in [4.78, 5) is 11.8. The highest BCUT2D eigenvalue weighted by molar-refractivity contribution is 5.72. The highest BCUT2D eigenvalue weighted by Gasteiger charge is 2.32. The molecule has 0 amide bonds. The SMILES string of the molecule is CCOC(=O)C1CCC(Oc2ccc(-c3cnn(C)c3CO)cc2)C1. The number of nitrogens with zero attached hydrogens (tertiary/aromatic N) is 2. The van der Waals surface area contributed by atoms with E-state index in [9.17, 15) is 9.90 Å². The van der Waals surface area contributed by atoms with E-state index in [0.717, 1.165) is 35.4 Å². The third-order valence-electron chi connectivity index (χ3n) is 4.68. The molecule has 0 radical (unpaired) electrons. The molecule has 2 aromatic rings. The van der Waals surface area contributed by atoms with Gasteiger partial charge in [0.05, 0.1) is 37.1 Å². The van der Waals surface area contributed by atoms with Gasteiger partial charge in [0.2, 0.25) is 0 Å². The van der Waals surface area contributed by atoms with Gasteiger partial charge in [0.25, 0.3) is 0 Å². The van der Waals surface area contributed by atoms with Gasteiger partial charge in [-0.1, -0.05) is 12.1 Å². The lowest BCUT2D eigenvalue weighted by atomic mass is 10.1. The van der Waals surface area contributed by atoms with E-state index in [1.807, 2.05) is 38.2 Å². The number of ether oxygens (including phenoxy) is 2. The van der Waals surface area contributed by atoms with Gasteiger partial charge >= 0.3 is 5.97 Å². The Kier molecular flexibility index (Phi) is 5.38. The van der Waals surface area contributed by atoms with E-state index in [4.69, 9.17) is 9.47 Å². The Morgan fingerprint density at radius 2 is 2.08 bits per heavy atom. The third kappa shape index (κ3) is 3.85. The van der Waals surface area contributed by atoms with Crippen LogP contribution in [0.5, 0.6) is 5.75 Å². The van der Waals surface area contributed by atoms with Crippen LogP contribution in [0, 0.1) is 5.92 Å². The molecule has 6 nitrogen and oxygen atoms in total. The zero-order valence-electron chi connectivity index (χ0n) is 14.6. The molecule has 1 aliphatic rings. The van der Waals surface area contributed by atoms with Crippen LogP contribution in [0.1, 0.15) is 31.9 Å². The van der Waals surface area contributed by atoms with Crippen LogP contribution in [0.2, 0.25) is 0 Å². The van der Waals surface area contributed by atoms with Crippen molar-refractivity contribution in [3.63, 3.8) is 0 Å². The average molecular weight is 344 g/mol. The maximum Gasteiger partial charge on any atom is 0.309 e. The number of rotatable bonds is 6. The van der Waals surface area contributed by atoms with Gasteiger partial charge in [-0.3, -0.25) is 9.48 Å². The Hall–Kier alpha value is -2.34. The van der Waals surface area contributed by atoms with E-state index in [1.54, 1.807) is 10.9 Å². The summed E-state index contributed by atoms with van der Waals surface area (Å²) in [6, 6.07) is 7.76. The molecule has 134 valence electrons. The van der Waals surface area contributed by atoms with Crippen molar-refractivity contribution in [2.75, 3.05) is 6.61 Å². The van der Waals surface area contributed by atoms with Crippen LogP contribution < -0.4 is 4.74 Å². The summed E-state index contributed by atoms with van der Waals surface area (Å²) in [5.74, 6) is 0.622. The van der Waals surface area contributed by atoms with Crippen molar-refractivity contribution in [1.29, 1.82) is 0 Å². The minimum atomic E-state index is -0.114. The Balaban J connectivity index is 1.63. The second kappa shape index (κ2) is 7.70. The summed E-state index contributed by atoms with van der Waals surface area (Å²) >= 11 is 0. The second-order valence-corrected chi connectivity index (χ2v) is 6.31. The van der Waals surface area contributed by atoms with E-state index >= 15 is 0 Å². The Morgan fingerprint density at radius 1 is 1.32 bits per heavy atom. The summed E-state index contributed by atoms with van der Waals surface area (Å²) in [6.45, 7) is 2.20. The van der Waals surface area contributed by atoms with Gasteiger partial charge in [0.15, 0.2) is 0 Å². The van der Waals surface area contributed by atoms with Crippen molar-refractivity contribution >= 4 is 5.97 Å². The van der Waals surface area contributed by atoms with Crippen molar-refractivity contribution in [1.82, 2.24) is 9.78 Å². The minimum Gasteiger partial charge on any atom is -0.490 e. The average Bonchev–Trinajstić information content (AvgIpc) is 3.22. The summed E-state index contributed by atoms with van der Waals surface area (Å²) in [5, 5.41) is 13.7. The van der Waals surface area contributed by atoms with Gasteiger partial charge in [0, 0.05) is 12.6 Å². The first-order chi connectivity index (χ1) is 12.1. The largest absolute Gasteiger partial charge is 0.490 e. The van der Waals surface area contributed by atoms with Gasteiger partial charge in [-0.25, -0.2) is 0 Å². The van der Waals surface area contributed by atoms with Gasteiger partial charge in [-0.15, -0.1) is 0 Å². The lowest BCUT2D eigenvalue weighted by Crippen LogP contribution is -2.18. The van der Waals surface area contributed by atoms with Crippen LogP contribution in [0.25, 0.3) is 11.1 Å². The van der Waals surface area contributed by atoms with Gasteiger partial charge < -0.3 is 14.6 Å². The van der Waals surface area contributed by atoms with Crippen LogP contribution in [-0.2, 0) is 23.2 Å². The van der Waals surface area contributed by atoms with E-state index in [0.29, 0.717) is 13.0 Å². The highest BCUT2D eigenvalue weighted by Crippen LogP contribution is 2.31. The number of carbonyl (C=O) groups is 1. The molecule has 1 N–H and O–H groups in total. The Bertz CT molecular complexity index is 724. The Morgan fingerprint density at radius 3 is 2.76 bits per heavy atom. The molecule has 25 heavy (non-hydrogen) atoms. The normalized spacial score (nSPS) is 19.8. The highest BCUT2D eigenvalue weighted by atomic mass is 16.5. The van der Waals surface area contributed by atoms with Crippen LogP contribution in [0.4, 0.5) is 0 Å². The number of hydrogen-bond donors (Lipinski definition) is 1. The summed E-state index contributed by atoms with van der Waals surface area (Å²) in [5.41, 5.74) is 2.68. The van der Waals surface area contributed by atoms with Crippen LogP contribution in [-0.4, -0.2) is 33.6 Å². The fourth-order valence-corrected chi connectivity index (χ4v) is 3.32. The summed E-state index contributed by atoms with van der Waals surface area (Å²) in [6.07, 6.45) is 4.19. The van der Waals surface area contributed by atoms with E-state index in [2.05, 4.69) is 5.10 Å². The van der Waals surface area contributed by atoms with Gasteiger partial charge in [-0.2, -0.15) is 5.10 Å². The second-order valence-electron chi connectivity index (χ2n) is 6.31. The molecular formula is C19H24N2O4. The van der Waals surface area contributed by atoms with Crippen LogP contribution in [0.15, 0.2) is 30.5 Å². The molecule has 2 unspecified atom stereocenters. The fourth-order valence-electron chi connectivity index (χ4n) is 3.32. The molecular weight excluding hydrogens is 320 g/mol. The maximum atomic E-state index is 11.8. The van der Waals surface area contributed by atoms with Gasteiger partial charge in [0.1, 0.15) is 5.75 Å². The fraction of sp³-hybridized carbons (Fsp3) is 0.474. The number of aryl methyl sites for hydroxylation is 1. The first-order valence-electron chi connectivity index (χ1n) is 8.67. The first-order valence-corrected chi connectivity index (χ1v) is 8.67. The molecule has 1 heterocycles. The zero-order chi connectivity index (χ0) is 17.8. The molecule has 0 bridgehead atoms. The number of hydrogen-bond acceptors (Lipinski definition) is 5. The number of benzene rings is 1. The van der Waals surface area contributed by atoms with Crippen molar-refractivity contribution in [3.05, 3.63) is 36.2 Å². The summed E-state index contributed by atoms with van der Waals surface area (Å²) < 4.78 is 12.8. The molecule has 3 rings (SSSR count). The first kappa shape index (κ1) is 17.5. The predicted molar refractivity (Wildman–Crippen MR) is 93.0 cm³/mol. The predicted octanol–water partition coefficient (Wildman–Crippen LogP) is 2.69. The Labute approximate surface area is 147 Å². The molecule has 2 atom stereocenters. The van der Waals surface area contributed by atoms with Crippen molar-refractivity contribution in [2.24, 2.45) is 13.0 Å².